The fourth-order valence-corrected chi connectivity index (χ4v) is 0.878. The van der Waals surface area contributed by atoms with Crippen molar-refractivity contribution in [3.05, 3.63) is 12.2 Å². The molecule has 1 unspecified atom stereocenters. The van der Waals surface area contributed by atoms with Crippen LogP contribution in [0.5, 0.6) is 0 Å². The molecule has 0 fully saturated rings. The zero-order valence-electron chi connectivity index (χ0n) is 8.63. The van der Waals surface area contributed by atoms with Crippen LogP contribution in [-0.2, 0) is 4.79 Å². The number of carbonyl (C=O) groups is 1. The molecule has 0 heterocycles. The molecular formula is C11H20O. The minimum absolute atomic E-state index is 0.255. The molecule has 0 aromatic heterocycles. The zero-order valence-corrected chi connectivity index (χ0v) is 8.63. The molecule has 12 heavy (non-hydrogen) atoms. The average Bonchev–Trinajstić information content (AvgIpc) is 1.99. The van der Waals surface area contributed by atoms with E-state index in [-0.39, 0.29) is 5.78 Å². The van der Waals surface area contributed by atoms with Gasteiger partial charge in [0.25, 0.3) is 0 Å². The molecular weight excluding hydrogens is 148 g/mol. The van der Waals surface area contributed by atoms with Crippen molar-refractivity contribution in [2.75, 3.05) is 0 Å². The molecule has 1 nitrogen and oxygen atoms in total. The van der Waals surface area contributed by atoms with Crippen LogP contribution in [0.3, 0.4) is 0 Å². The zero-order chi connectivity index (χ0) is 9.56. The summed E-state index contributed by atoms with van der Waals surface area (Å²) in [6, 6.07) is 0. The fourth-order valence-electron chi connectivity index (χ4n) is 0.878. The molecule has 0 rings (SSSR count). The van der Waals surface area contributed by atoms with Crippen LogP contribution in [0.2, 0.25) is 0 Å². The summed E-state index contributed by atoms with van der Waals surface area (Å²) in [5.41, 5.74) is 0. The van der Waals surface area contributed by atoms with Crippen LogP contribution >= 0.6 is 0 Å². The van der Waals surface area contributed by atoms with Crippen molar-refractivity contribution in [3.8, 4) is 0 Å². The molecule has 0 aromatic rings. The molecule has 0 aliphatic heterocycles. The van der Waals surface area contributed by atoms with Crippen molar-refractivity contribution >= 4 is 5.78 Å². The summed E-state index contributed by atoms with van der Waals surface area (Å²) in [6.07, 6.45) is 5.51. The molecule has 0 aliphatic carbocycles. The molecule has 0 aromatic carbocycles. The normalized spacial score (nSPS) is 14.1. The second-order valence-electron chi connectivity index (χ2n) is 3.81. The van der Waals surface area contributed by atoms with Gasteiger partial charge in [-0.05, 0) is 17.9 Å². The van der Waals surface area contributed by atoms with Gasteiger partial charge in [-0.2, -0.15) is 0 Å². The highest BCUT2D eigenvalue weighted by Gasteiger charge is 2.00. The van der Waals surface area contributed by atoms with E-state index >= 15 is 0 Å². The Morgan fingerprint density at radius 1 is 1.33 bits per heavy atom. The van der Waals surface area contributed by atoms with Crippen LogP contribution in [0.4, 0.5) is 0 Å². The predicted molar refractivity (Wildman–Crippen MR) is 53.1 cm³/mol. The number of hydrogen-bond acceptors (Lipinski definition) is 1. The maximum absolute atomic E-state index is 11.2. The Labute approximate surface area is 75.9 Å². The van der Waals surface area contributed by atoms with E-state index in [9.17, 15) is 4.79 Å². The van der Waals surface area contributed by atoms with Gasteiger partial charge in [0, 0.05) is 6.42 Å². The first kappa shape index (κ1) is 11.4. The van der Waals surface area contributed by atoms with Gasteiger partial charge in [-0.15, -0.1) is 0 Å². The molecule has 0 N–H and O–H groups in total. The molecule has 0 bridgehead atoms. The number of ketones is 1. The van der Waals surface area contributed by atoms with Crippen molar-refractivity contribution in [3.63, 3.8) is 0 Å². The number of carbonyl (C=O) groups excluding carboxylic acids is 1. The summed E-state index contributed by atoms with van der Waals surface area (Å²) in [5.74, 6) is 1.26. The monoisotopic (exact) mass is 168 g/mol. The maximum atomic E-state index is 11.2. The molecule has 1 heteroatoms. The third-order valence-electron chi connectivity index (χ3n) is 1.86. The van der Waals surface area contributed by atoms with E-state index in [4.69, 9.17) is 0 Å². The molecule has 0 aliphatic rings. The van der Waals surface area contributed by atoms with Crippen LogP contribution in [0.25, 0.3) is 0 Å². The van der Waals surface area contributed by atoms with Crippen molar-refractivity contribution in [2.45, 2.75) is 40.5 Å². The second kappa shape index (κ2) is 5.99. The van der Waals surface area contributed by atoms with Crippen molar-refractivity contribution in [1.29, 1.82) is 0 Å². The van der Waals surface area contributed by atoms with Crippen LogP contribution in [0, 0.1) is 11.8 Å². The average molecular weight is 168 g/mol. The van der Waals surface area contributed by atoms with Gasteiger partial charge >= 0.3 is 0 Å². The summed E-state index contributed by atoms with van der Waals surface area (Å²) in [4.78, 5) is 11.2. The van der Waals surface area contributed by atoms with Crippen LogP contribution in [0.1, 0.15) is 40.5 Å². The minimum Gasteiger partial charge on any atom is -0.295 e. The van der Waals surface area contributed by atoms with Gasteiger partial charge in [-0.3, -0.25) is 4.79 Å². The Balaban J connectivity index is 3.75. The van der Waals surface area contributed by atoms with Gasteiger partial charge < -0.3 is 0 Å². The highest BCUT2D eigenvalue weighted by molar-refractivity contribution is 5.89. The second-order valence-corrected chi connectivity index (χ2v) is 3.81. The van der Waals surface area contributed by atoms with E-state index in [1.54, 1.807) is 6.08 Å². The predicted octanol–water partition coefficient (Wildman–Crippen LogP) is 3.20. The van der Waals surface area contributed by atoms with Crippen molar-refractivity contribution in [1.82, 2.24) is 0 Å². The van der Waals surface area contributed by atoms with Gasteiger partial charge in [0.15, 0.2) is 5.78 Å². The number of allylic oxidation sites excluding steroid dienone is 2. The van der Waals surface area contributed by atoms with E-state index in [0.717, 1.165) is 6.42 Å². The van der Waals surface area contributed by atoms with Gasteiger partial charge in [0.1, 0.15) is 0 Å². The molecule has 0 amide bonds. The highest BCUT2D eigenvalue weighted by Crippen LogP contribution is 2.05. The Morgan fingerprint density at radius 3 is 2.33 bits per heavy atom. The smallest absolute Gasteiger partial charge is 0.155 e. The summed E-state index contributed by atoms with van der Waals surface area (Å²) in [6.45, 7) is 8.38. The van der Waals surface area contributed by atoms with Crippen LogP contribution in [0.15, 0.2) is 12.2 Å². The lowest BCUT2D eigenvalue weighted by atomic mass is 10.0. The molecule has 0 radical (unpaired) electrons. The van der Waals surface area contributed by atoms with Gasteiger partial charge in [-0.25, -0.2) is 0 Å². The standard InChI is InChI=1S/C11H20O/c1-5-10(4)6-7-11(12)8-9(2)3/h6-7,9-10H,5,8H2,1-4H3/b7-6+. The Kier molecular flexibility index (Phi) is 5.69. The van der Waals surface area contributed by atoms with Crippen LogP contribution < -0.4 is 0 Å². The SMILES string of the molecule is CCC(C)/C=C/C(=O)CC(C)C. The summed E-state index contributed by atoms with van der Waals surface area (Å²) >= 11 is 0. The Hall–Kier alpha value is -0.590. The molecule has 70 valence electrons. The quantitative estimate of drug-likeness (QED) is 0.576. The lowest BCUT2D eigenvalue weighted by molar-refractivity contribution is -0.115. The first-order valence-electron chi connectivity index (χ1n) is 4.77. The van der Waals surface area contributed by atoms with E-state index in [1.165, 1.54) is 0 Å². The first-order chi connectivity index (χ1) is 5.56. The fraction of sp³-hybridized carbons (Fsp3) is 0.727. The topological polar surface area (TPSA) is 17.1 Å². The van der Waals surface area contributed by atoms with Gasteiger partial charge in [-0.1, -0.05) is 40.2 Å². The molecule has 0 saturated carbocycles. The lowest BCUT2D eigenvalue weighted by Gasteiger charge is -2.01. The maximum Gasteiger partial charge on any atom is 0.155 e. The summed E-state index contributed by atoms with van der Waals surface area (Å²) < 4.78 is 0. The van der Waals surface area contributed by atoms with Gasteiger partial charge in [0.05, 0.1) is 0 Å². The first-order valence-corrected chi connectivity index (χ1v) is 4.77. The van der Waals surface area contributed by atoms with E-state index < -0.39 is 0 Å². The van der Waals surface area contributed by atoms with Crippen molar-refractivity contribution in [2.24, 2.45) is 11.8 Å². The number of hydrogen-bond donors (Lipinski definition) is 0. The Morgan fingerprint density at radius 2 is 1.92 bits per heavy atom. The third kappa shape index (κ3) is 6.14. The molecule has 0 saturated heterocycles. The molecule has 0 spiro atoms. The molecule has 1 atom stereocenters. The highest BCUT2D eigenvalue weighted by atomic mass is 16.1. The van der Waals surface area contributed by atoms with E-state index in [1.807, 2.05) is 6.08 Å². The summed E-state index contributed by atoms with van der Waals surface area (Å²) in [5, 5.41) is 0. The van der Waals surface area contributed by atoms with E-state index in [0.29, 0.717) is 18.3 Å². The van der Waals surface area contributed by atoms with Crippen molar-refractivity contribution < 1.29 is 4.79 Å². The third-order valence-corrected chi connectivity index (χ3v) is 1.86. The Bertz CT molecular complexity index is 156. The minimum atomic E-state index is 0.255. The van der Waals surface area contributed by atoms with Crippen LogP contribution in [-0.4, -0.2) is 5.78 Å². The van der Waals surface area contributed by atoms with Gasteiger partial charge in [0.2, 0.25) is 0 Å². The lowest BCUT2D eigenvalue weighted by Crippen LogP contribution is -1.99. The summed E-state index contributed by atoms with van der Waals surface area (Å²) in [7, 11) is 0. The largest absolute Gasteiger partial charge is 0.295 e. The number of rotatable bonds is 5. The van der Waals surface area contributed by atoms with E-state index in [2.05, 4.69) is 27.7 Å².